The van der Waals surface area contributed by atoms with Crippen LogP contribution < -0.4 is 4.74 Å². The molecule has 0 atom stereocenters. The molecule has 1 aliphatic rings. The zero-order valence-electron chi connectivity index (χ0n) is 14.6. The van der Waals surface area contributed by atoms with Crippen LogP contribution in [0.5, 0.6) is 5.75 Å². The molecule has 2 aromatic heterocycles. The summed E-state index contributed by atoms with van der Waals surface area (Å²) in [6.45, 7) is 1.31. The average molecular weight is 345 g/mol. The van der Waals surface area contributed by atoms with Gasteiger partial charge < -0.3 is 9.64 Å². The topological polar surface area (TPSA) is 55.3 Å². The zero-order valence-corrected chi connectivity index (χ0v) is 14.6. The summed E-state index contributed by atoms with van der Waals surface area (Å²) in [6, 6.07) is 13.5. The monoisotopic (exact) mass is 345 g/mol. The molecular formula is C21H19N3O2. The first-order valence-corrected chi connectivity index (χ1v) is 8.57. The highest BCUT2D eigenvalue weighted by Crippen LogP contribution is 2.29. The number of pyridine rings is 2. The van der Waals surface area contributed by atoms with Gasteiger partial charge in [0.2, 0.25) is 0 Å². The van der Waals surface area contributed by atoms with Gasteiger partial charge in [-0.05, 0) is 35.4 Å². The second-order valence-electron chi connectivity index (χ2n) is 6.24. The van der Waals surface area contributed by atoms with Crippen LogP contribution in [0.1, 0.15) is 21.6 Å². The fourth-order valence-electron chi connectivity index (χ4n) is 3.30. The van der Waals surface area contributed by atoms with E-state index in [1.807, 2.05) is 53.6 Å². The van der Waals surface area contributed by atoms with Gasteiger partial charge in [-0.3, -0.25) is 14.8 Å². The Balaban J connectivity index is 1.55. The van der Waals surface area contributed by atoms with Gasteiger partial charge in [-0.2, -0.15) is 0 Å². The molecule has 0 aliphatic carbocycles. The van der Waals surface area contributed by atoms with E-state index in [0.29, 0.717) is 24.4 Å². The fourth-order valence-corrected chi connectivity index (χ4v) is 3.30. The van der Waals surface area contributed by atoms with Crippen molar-refractivity contribution in [2.45, 2.75) is 13.0 Å². The van der Waals surface area contributed by atoms with E-state index in [-0.39, 0.29) is 5.91 Å². The predicted octanol–water partition coefficient (Wildman–Crippen LogP) is 3.35. The third-order valence-corrected chi connectivity index (χ3v) is 4.70. The Kier molecular flexibility index (Phi) is 4.35. The molecule has 130 valence electrons. The van der Waals surface area contributed by atoms with Gasteiger partial charge in [0, 0.05) is 48.7 Å². The summed E-state index contributed by atoms with van der Waals surface area (Å²) in [5.41, 5.74) is 4.87. The van der Waals surface area contributed by atoms with Gasteiger partial charge in [-0.15, -0.1) is 0 Å². The minimum atomic E-state index is 0.0488. The number of rotatable bonds is 3. The van der Waals surface area contributed by atoms with Gasteiger partial charge in [0.05, 0.1) is 13.3 Å². The van der Waals surface area contributed by atoms with Crippen molar-refractivity contribution in [3.63, 3.8) is 0 Å². The summed E-state index contributed by atoms with van der Waals surface area (Å²) in [6.07, 6.45) is 6.03. The maximum atomic E-state index is 12.9. The lowest BCUT2D eigenvalue weighted by Crippen LogP contribution is -2.36. The van der Waals surface area contributed by atoms with E-state index in [1.54, 1.807) is 19.5 Å². The van der Waals surface area contributed by atoms with Crippen molar-refractivity contribution in [2.24, 2.45) is 0 Å². The number of carbonyl (C=O) groups is 1. The number of carbonyl (C=O) groups excluding carboxylic acids is 1. The Labute approximate surface area is 152 Å². The molecule has 1 aliphatic heterocycles. The lowest BCUT2D eigenvalue weighted by atomic mass is 10.0. The van der Waals surface area contributed by atoms with Crippen LogP contribution in [0.2, 0.25) is 0 Å². The summed E-state index contributed by atoms with van der Waals surface area (Å²) >= 11 is 0. The van der Waals surface area contributed by atoms with Gasteiger partial charge in [0.15, 0.2) is 0 Å². The molecule has 4 rings (SSSR count). The molecule has 0 N–H and O–H groups in total. The molecule has 0 fully saturated rings. The Morgan fingerprint density at radius 2 is 1.96 bits per heavy atom. The zero-order chi connectivity index (χ0) is 17.9. The van der Waals surface area contributed by atoms with Crippen molar-refractivity contribution in [2.75, 3.05) is 13.7 Å². The molecule has 0 spiro atoms. The number of hydrogen-bond acceptors (Lipinski definition) is 4. The lowest BCUT2D eigenvalue weighted by molar-refractivity contribution is 0.0733. The van der Waals surface area contributed by atoms with E-state index in [2.05, 4.69) is 9.97 Å². The number of ether oxygens (including phenoxy) is 1. The van der Waals surface area contributed by atoms with Crippen LogP contribution in [-0.2, 0) is 13.0 Å². The number of aromatic nitrogens is 2. The maximum absolute atomic E-state index is 12.9. The van der Waals surface area contributed by atoms with E-state index in [4.69, 9.17) is 4.74 Å². The highest BCUT2D eigenvalue weighted by atomic mass is 16.5. The van der Waals surface area contributed by atoms with Gasteiger partial charge in [-0.1, -0.05) is 18.2 Å². The molecule has 1 amide bonds. The number of hydrogen-bond donors (Lipinski definition) is 0. The van der Waals surface area contributed by atoms with Gasteiger partial charge in [0.25, 0.3) is 5.91 Å². The number of nitrogens with zero attached hydrogens (tertiary/aromatic N) is 3. The molecule has 0 saturated heterocycles. The van der Waals surface area contributed by atoms with Crippen LogP contribution in [0.3, 0.4) is 0 Å². The van der Waals surface area contributed by atoms with Crippen molar-refractivity contribution in [3.05, 3.63) is 77.9 Å². The molecule has 3 heterocycles. The smallest absolute Gasteiger partial charge is 0.254 e. The lowest BCUT2D eigenvalue weighted by Gasteiger charge is -2.28. The standard InChI is InChI=1S/C21H19N3O2/c1-26-20-13-22-11-8-18(20)15-4-6-16(7-5-15)21(25)24-12-9-19-17(14-24)3-2-10-23-19/h2-8,10-11,13H,9,12,14H2,1H3. The van der Waals surface area contributed by atoms with E-state index in [9.17, 15) is 4.79 Å². The summed E-state index contributed by atoms with van der Waals surface area (Å²) in [4.78, 5) is 23.2. The minimum absolute atomic E-state index is 0.0488. The quantitative estimate of drug-likeness (QED) is 0.730. The van der Waals surface area contributed by atoms with Gasteiger partial charge in [0.1, 0.15) is 5.75 Å². The van der Waals surface area contributed by atoms with Crippen molar-refractivity contribution in [1.29, 1.82) is 0 Å². The van der Waals surface area contributed by atoms with E-state index >= 15 is 0 Å². The number of methoxy groups -OCH3 is 1. The van der Waals surface area contributed by atoms with Crippen LogP contribution in [-0.4, -0.2) is 34.4 Å². The summed E-state index contributed by atoms with van der Waals surface area (Å²) in [7, 11) is 1.63. The van der Waals surface area contributed by atoms with Crippen LogP contribution in [0.4, 0.5) is 0 Å². The molecule has 3 aromatic rings. The van der Waals surface area contributed by atoms with E-state index in [1.165, 1.54) is 0 Å². The Hall–Kier alpha value is -3.21. The number of amides is 1. The van der Waals surface area contributed by atoms with E-state index in [0.717, 1.165) is 28.8 Å². The maximum Gasteiger partial charge on any atom is 0.254 e. The molecule has 0 radical (unpaired) electrons. The minimum Gasteiger partial charge on any atom is -0.494 e. The van der Waals surface area contributed by atoms with Crippen LogP contribution >= 0.6 is 0 Å². The van der Waals surface area contributed by atoms with Crippen LogP contribution in [0.15, 0.2) is 61.1 Å². The molecule has 0 saturated carbocycles. The third-order valence-electron chi connectivity index (χ3n) is 4.70. The Morgan fingerprint density at radius 3 is 2.77 bits per heavy atom. The molecule has 5 nitrogen and oxygen atoms in total. The van der Waals surface area contributed by atoms with Crippen LogP contribution in [0, 0.1) is 0 Å². The van der Waals surface area contributed by atoms with E-state index < -0.39 is 0 Å². The van der Waals surface area contributed by atoms with Crippen molar-refractivity contribution in [3.8, 4) is 16.9 Å². The van der Waals surface area contributed by atoms with Crippen molar-refractivity contribution < 1.29 is 9.53 Å². The first kappa shape index (κ1) is 16.3. The largest absolute Gasteiger partial charge is 0.494 e. The summed E-state index contributed by atoms with van der Waals surface area (Å²) in [5, 5.41) is 0. The molecule has 0 unspecified atom stereocenters. The van der Waals surface area contributed by atoms with Gasteiger partial charge >= 0.3 is 0 Å². The molecule has 0 bridgehead atoms. The average Bonchev–Trinajstić information content (AvgIpc) is 2.73. The van der Waals surface area contributed by atoms with Gasteiger partial charge in [-0.25, -0.2) is 0 Å². The molecule has 5 heteroatoms. The molecular weight excluding hydrogens is 326 g/mol. The highest BCUT2D eigenvalue weighted by Gasteiger charge is 2.22. The predicted molar refractivity (Wildman–Crippen MR) is 98.9 cm³/mol. The Morgan fingerprint density at radius 1 is 1.12 bits per heavy atom. The molecule has 26 heavy (non-hydrogen) atoms. The summed E-state index contributed by atoms with van der Waals surface area (Å²) < 4.78 is 5.36. The second-order valence-corrected chi connectivity index (χ2v) is 6.24. The normalized spacial score (nSPS) is 13.2. The van der Waals surface area contributed by atoms with Crippen LogP contribution in [0.25, 0.3) is 11.1 Å². The number of benzene rings is 1. The first-order chi connectivity index (χ1) is 12.8. The van der Waals surface area contributed by atoms with Crippen molar-refractivity contribution >= 4 is 5.91 Å². The highest BCUT2D eigenvalue weighted by molar-refractivity contribution is 5.95. The third kappa shape index (κ3) is 3.04. The first-order valence-electron chi connectivity index (χ1n) is 8.57. The summed E-state index contributed by atoms with van der Waals surface area (Å²) in [5.74, 6) is 0.763. The van der Waals surface area contributed by atoms with Crippen molar-refractivity contribution in [1.82, 2.24) is 14.9 Å². The molecule has 1 aromatic carbocycles. The second kappa shape index (κ2) is 6.96. The number of fused-ring (bicyclic) bond motifs is 1. The SMILES string of the molecule is COc1cnccc1-c1ccc(C(=O)N2CCc3ncccc3C2)cc1. The Bertz CT molecular complexity index is 938. The fraction of sp³-hybridized carbons (Fsp3) is 0.190.